The Bertz CT molecular complexity index is 1640. The lowest BCUT2D eigenvalue weighted by Gasteiger charge is -2.47. The second kappa shape index (κ2) is 13.5. The van der Waals surface area contributed by atoms with Crippen LogP contribution in [0.4, 0.5) is 0 Å². The van der Waals surface area contributed by atoms with Crippen LogP contribution in [0.1, 0.15) is 64.0 Å². The van der Waals surface area contributed by atoms with Crippen molar-refractivity contribution < 1.29 is 15.0 Å². The van der Waals surface area contributed by atoms with E-state index in [1.807, 2.05) is 17.2 Å². The van der Waals surface area contributed by atoms with Gasteiger partial charge in [-0.05, 0) is 87.7 Å². The summed E-state index contributed by atoms with van der Waals surface area (Å²) >= 11 is 2.54. The zero-order valence-corrected chi connectivity index (χ0v) is 26.8. The first kappa shape index (κ1) is 30.9. The van der Waals surface area contributed by atoms with E-state index < -0.39 is 6.10 Å². The van der Waals surface area contributed by atoms with Gasteiger partial charge in [0, 0.05) is 37.1 Å². The maximum atomic E-state index is 13.0. The van der Waals surface area contributed by atoms with Crippen LogP contribution in [0.2, 0.25) is 0 Å². The molecule has 0 unspecified atom stereocenters. The first-order valence-electron chi connectivity index (χ1n) is 15.5. The van der Waals surface area contributed by atoms with Crippen LogP contribution in [-0.4, -0.2) is 81.7 Å². The van der Waals surface area contributed by atoms with E-state index in [-0.39, 0.29) is 21.9 Å². The Labute approximate surface area is 265 Å². The van der Waals surface area contributed by atoms with Crippen molar-refractivity contribution in [2.45, 2.75) is 51.6 Å². The number of aromatic nitrogens is 2. The highest BCUT2D eigenvalue weighted by Crippen LogP contribution is 2.40. The minimum absolute atomic E-state index is 0.0124. The van der Waals surface area contributed by atoms with Gasteiger partial charge in [0.2, 0.25) is 0 Å². The van der Waals surface area contributed by atoms with Gasteiger partial charge in [-0.3, -0.25) is 9.59 Å². The van der Waals surface area contributed by atoms with Gasteiger partial charge in [-0.15, -0.1) is 11.3 Å². The SMILES string of the molecule is Cc1nc(C(=O)N2CCCC3(CCN(CCc4ccc(CCNC[C@H](O)c5ccc(O)c6[nH]c(=O)sc56)cc4)CC3)C2)cs1. The summed E-state index contributed by atoms with van der Waals surface area (Å²) in [6.07, 6.45) is 5.70. The number of nitrogens with zero attached hydrogens (tertiary/aromatic N) is 3. The van der Waals surface area contributed by atoms with Crippen molar-refractivity contribution in [1.82, 2.24) is 25.1 Å². The zero-order chi connectivity index (χ0) is 30.7. The summed E-state index contributed by atoms with van der Waals surface area (Å²) in [5.74, 6) is 0.110. The third kappa shape index (κ3) is 7.07. The molecule has 4 heterocycles. The summed E-state index contributed by atoms with van der Waals surface area (Å²) in [4.78, 5) is 36.2. The standard InChI is InChI=1S/C33H41N5O4S2/c1-22-35-26(20-43-22)31(41)38-15-2-11-33(21-38)12-17-37(18-13-33)16-10-24-5-3-23(4-6-24)9-14-34-19-28(40)25-7-8-27(39)29-30(25)44-32(42)36-29/h3-8,20,28,34,39-40H,2,9-19,21H2,1H3,(H,36,42)/t28-/m0/s1. The minimum atomic E-state index is -0.774. The summed E-state index contributed by atoms with van der Waals surface area (Å²) < 4.78 is 0.596. The van der Waals surface area contributed by atoms with Crippen LogP contribution in [0.15, 0.2) is 46.6 Å². The topological polar surface area (TPSA) is 122 Å². The quantitative estimate of drug-likeness (QED) is 0.190. The van der Waals surface area contributed by atoms with E-state index in [1.165, 1.54) is 23.6 Å². The molecule has 2 saturated heterocycles. The number of carbonyl (C=O) groups excluding carboxylic acids is 1. The molecule has 0 radical (unpaired) electrons. The number of fused-ring (bicyclic) bond motifs is 1. The summed E-state index contributed by atoms with van der Waals surface area (Å²) in [5.41, 5.74) is 4.46. The number of rotatable bonds is 10. The lowest BCUT2D eigenvalue weighted by Crippen LogP contribution is -2.51. The molecule has 1 spiro atoms. The van der Waals surface area contributed by atoms with Crippen molar-refractivity contribution >= 4 is 38.8 Å². The second-order valence-electron chi connectivity index (χ2n) is 12.4. The molecule has 2 aromatic heterocycles. The van der Waals surface area contributed by atoms with E-state index in [9.17, 15) is 19.8 Å². The van der Waals surface area contributed by atoms with Gasteiger partial charge in [0.25, 0.3) is 5.91 Å². The molecule has 6 rings (SSSR count). The number of carbonyl (C=O) groups is 1. The van der Waals surface area contributed by atoms with E-state index in [2.05, 4.69) is 44.5 Å². The van der Waals surface area contributed by atoms with Gasteiger partial charge in [-0.2, -0.15) is 0 Å². The molecule has 2 fully saturated rings. The molecule has 11 heteroatoms. The fourth-order valence-corrected chi connectivity index (χ4v) is 8.21. The second-order valence-corrected chi connectivity index (χ2v) is 14.4. The Kier molecular flexibility index (Phi) is 9.48. The number of aryl methyl sites for hydroxylation is 1. The van der Waals surface area contributed by atoms with Gasteiger partial charge in [0.1, 0.15) is 17.0 Å². The van der Waals surface area contributed by atoms with E-state index in [4.69, 9.17) is 0 Å². The lowest BCUT2D eigenvalue weighted by molar-refractivity contribution is 0.0213. The largest absolute Gasteiger partial charge is 0.506 e. The smallest absolute Gasteiger partial charge is 0.305 e. The lowest BCUT2D eigenvalue weighted by atomic mass is 9.72. The Morgan fingerprint density at radius 2 is 1.84 bits per heavy atom. The van der Waals surface area contributed by atoms with Crippen LogP contribution in [0.5, 0.6) is 5.75 Å². The van der Waals surface area contributed by atoms with Crippen molar-refractivity contribution in [2.24, 2.45) is 5.41 Å². The normalized spacial score (nSPS) is 17.8. The number of aromatic hydroxyl groups is 1. The first-order valence-corrected chi connectivity index (χ1v) is 17.2. The maximum absolute atomic E-state index is 13.0. The number of aliphatic hydroxyl groups is 1. The highest BCUT2D eigenvalue weighted by molar-refractivity contribution is 7.16. The molecule has 44 heavy (non-hydrogen) atoms. The molecule has 234 valence electrons. The van der Waals surface area contributed by atoms with Crippen molar-refractivity contribution in [3.8, 4) is 5.75 Å². The number of likely N-dealkylation sites (tertiary alicyclic amines) is 2. The van der Waals surface area contributed by atoms with Crippen LogP contribution in [0, 0.1) is 12.3 Å². The number of phenols is 1. The number of benzene rings is 2. The van der Waals surface area contributed by atoms with Crippen LogP contribution >= 0.6 is 22.7 Å². The molecule has 2 aliphatic heterocycles. The van der Waals surface area contributed by atoms with Crippen LogP contribution < -0.4 is 10.2 Å². The summed E-state index contributed by atoms with van der Waals surface area (Å²) in [6.45, 7) is 7.97. The number of hydrogen-bond acceptors (Lipinski definition) is 9. The number of aromatic amines is 1. The predicted octanol–water partition coefficient (Wildman–Crippen LogP) is 4.49. The summed E-state index contributed by atoms with van der Waals surface area (Å²) in [6, 6.07) is 12.0. The van der Waals surface area contributed by atoms with Gasteiger partial charge in [-0.1, -0.05) is 41.7 Å². The van der Waals surface area contributed by atoms with Gasteiger partial charge in [-0.25, -0.2) is 4.98 Å². The van der Waals surface area contributed by atoms with Crippen LogP contribution in [0.3, 0.4) is 0 Å². The fourth-order valence-electron chi connectivity index (χ4n) is 6.71. The Morgan fingerprint density at radius 3 is 2.57 bits per heavy atom. The fraction of sp³-hybridized carbons (Fsp3) is 0.485. The Hall–Kier alpha value is -3.09. The molecular weight excluding hydrogens is 595 g/mol. The van der Waals surface area contributed by atoms with Gasteiger partial charge in [0.15, 0.2) is 0 Å². The Balaban J connectivity index is 0.912. The number of phenolic OH excluding ortho intramolecular Hbond substituents is 1. The first-order chi connectivity index (χ1) is 21.3. The molecular formula is C33H41N5O4S2. The summed E-state index contributed by atoms with van der Waals surface area (Å²) in [7, 11) is 0. The number of H-pyrrole nitrogens is 1. The number of amides is 1. The molecule has 2 aromatic carbocycles. The minimum Gasteiger partial charge on any atom is -0.506 e. The molecule has 4 aromatic rings. The number of nitrogens with one attached hydrogen (secondary N) is 2. The molecule has 4 N–H and O–H groups in total. The Morgan fingerprint density at radius 1 is 1.09 bits per heavy atom. The number of aliphatic hydroxyl groups excluding tert-OH is 1. The molecule has 0 saturated carbocycles. The van der Waals surface area contributed by atoms with Gasteiger partial charge >= 0.3 is 4.87 Å². The van der Waals surface area contributed by atoms with Gasteiger partial charge in [0.05, 0.1) is 15.8 Å². The van der Waals surface area contributed by atoms with E-state index in [0.717, 1.165) is 87.7 Å². The molecule has 0 bridgehead atoms. The van der Waals surface area contributed by atoms with Gasteiger partial charge < -0.3 is 30.3 Å². The average Bonchev–Trinajstić information content (AvgIpc) is 3.65. The van der Waals surface area contributed by atoms with E-state index in [0.29, 0.717) is 28.0 Å². The summed E-state index contributed by atoms with van der Waals surface area (Å²) in [5, 5.41) is 26.8. The molecule has 1 amide bonds. The predicted molar refractivity (Wildman–Crippen MR) is 176 cm³/mol. The van der Waals surface area contributed by atoms with Crippen molar-refractivity contribution in [3.63, 3.8) is 0 Å². The maximum Gasteiger partial charge on any atom is 0.305 e. The molecule has 1 atom stereocenters. The highest BCUT2D eigenvalue weighted by Gasteiger charge is 2.40. The zero-order valence-electron chi connectivity index (χ0n) is 25.2. The number of piperidine rings is 2. The van der Waals surface area contributed by atoms with E-state index >= 15 is 0 Å². The third-order valence-electron chi connectivity index (χ3n) is 9.32. The molecule has 0 aliphatic carbocycles. The third-order valence-corrected chi connectivity index (χ3v) is 11.0. The monoisotopic (exact) mass is 635 g/mol. The molecule has 2 aliphatic rings. The van der Waals surface area contributed by atoms with Crippen molar-refractivity contribution in [3.05, 3.63) is 78.8 Å². The van der Waals surface area contributed by atoms with Crippen molar-refractivity contribution in [2.75, 3.05) is 45.8 Å². The number of thiazole rings is 2. The number of hydrogen-bond donors (Lipinski definition) is 4. The average molecular weight is 636 g/mol. The van der Waals surface area contributed by atoms with Crippen LogP contribution in [0.25, 0.3) is 10.2 Å². The van der Waals surface area contributed by atoms with Crippen molar-refractivity contribution in [1.29, 1.82) is 0 Å². The van der Waals surface area contributed by atoms with Crippen LogP contribution in [-0.2, 0) is 12.8 Å². The highest BCUT2D eigenvalue weighted by atomic mass is 32.1. The molecule has 9 nitrogen and oxygen atoms in total. The van der Waals surface area contributed by atoms with E-state index in [1.54, 1.807) is 17.4 Å².